The lowest BCUT2D eigenvalue weighted by Gasteiger charge is -2.28. The molecule has 0 aromatic heterocycles. The highest BCUT2D eigenvalue weighted by Gasteiger charge is 2.27. The highest BCUT2D eigenvalue weighted by molar-refractivity contribution is 5.61. The second-order valence-electron chi connectivity index (χ2n) is 5.29. The number of hydrogen-bond acceptors (Lipinski definition) is 3. The van der Waals surface area contributed by atoms with Gasteiger partial charge in [0, 0.05) is 0 Å². The first-order chi connectivity index (χ1) is 6.58. The van der Waals surface area contributed by atoms with Crippen LogP contribution in [0.1, 0.15) is 41.5 Å². The Morgan fingerprint density at radius 3 is 2.07 bits per heavy atom. The lowest BCUT2D eigenvalue weighted by atomic mass is 9.90. The van der Waals surface area contributed by atoms with Crippen molar-refractivity contribution in [3.05, 3.63) is 12.7 Å². The summed E-state index contributed by atoms with van der Waals surface area (Å²) in [4.78, 5) is 11.4. The van der Waals surface area contributed by atoms with Gasteiger partial charge in [-0.15, -0.1) is 0 Å². The van der Waals surface area contributed by atoms with Crippen LogP contribution in [0.15, 0.2) is 12.7 Å². The van der Waals surface area contributed by atoms with Crippen LogP contribution in [0, 0.1) is 5.41 Å². The summed E-state index contributed by atoms with van der Waals surface area (Å²) in [5, 5.41) is 0. The molecule has 0 aromatic carbocycles. The molecular weight excluding hydrogens is 192 g/mol. The first-order valence-electron chi connectivity index (χ1n) is 5.12. The second kappa shape index (κ2) is 4.69. The van der Waals surface area contributed by atoms with Crippen molar-refractivity contribution >= 4 is 6.16 Å². The predicted octanol–water partition coefficient (Wildman–Crippen LogP) is 3.54. The standard InChI is InChI=1S/C12H22O3/c1-8-12(6,7)15-10(13)14-9(2)11(3,4)5/h8-9H,1H2,2-7H3. The van der Waals surface area contributed by atoms with Gasteiger partial charge in [0.05, 0.1) is 0 Å². The molecule has 0 spiro atoms. The minimum Gasteiger partial charge on any atom is -0.431 e. The fourth-order valence-corrected chi connectivity index (χ4v) is 0.602. The number of carbonyl (C=O) groups excluding carboxylic acids is 1. The molecule has 3 heteroatoms. The van der Waals surface area contributed by atoms with Gasteiger partial charge in [-0.1, -0.05) is 27.4 Å². The Bertz CT molecular complexity index is 236. The van der Waals surface area contributed by atoms with E-state index in [4.69, 9.17) is 9.47 Å². The minimum absolute atomic E-state index is 0.0860. The van der Waals surface area contributed by atoms with E-state index >= 15 is 0 Å². The van der Waals surface area contributed by atoms with E-state index in [1.165, 1.54) is 0 Å². The largest absolute Gasteiger partial charge is 0.509 e. The molecule has 0 aliphatic heterocycles. The first-order valence-corrected chi connectivity index (χ1v) is 5.12. The number of rotatable bonds is 3. The molecule has 0 fully saturated rings. The number of hydrogen-bond donors (Lipinski definition) is 0. The zero-order valence-corrected chi connectivity index (χ0v) is 10.6. The molecule has 0 saturated carbocycles. The van der Waals surface area contributed by atoms with Gasteiger partial charge in [0.15, 0.2) is 0 Å². The molecule has 1 unspecified atom stereocenters. The zero-order chi connectivity index (χ0) is 12.3. The van der Waals surface area contributed by atoms with Gasteiger partial charge in [-0.2, -0.15) is 0 Å². The van der Waals surface area contributed by atoms with Crippen LogP contribution < -0.4 is 0 Å². The molecule has 0 aromatic rings. The highest BCUT2D eigenvalue weighted by atomic mass is 16.7. The normalized spacial score (nSPS) is 14.3. The Labute approximate surface area is 92.5 Å². The van der Waals surface area contributed by atoms with Crippen LogP contribution >= 0.6 is 0 Å². The van der Waals surface area contributed by atoms with Crippen molar-refractivity contribution < 1.29 is 14.3 Å². The van der Waals surface area contributed by atoms with Crippen LogP contribution in [0.4, 0.5) is 4.79 Å². The van der Waals surface area contributed by atoms with Gasteiger partial charge in [-0.05, 0) is 32.3 Å². The Kier molecular flexibility index (Phi) is 4.38. The third kappa shape index (κ3) is 5.45. The maximum Gasteiger partial charge on any atom is 0.509 e. The quantitative estimate of drug-likeness (QED) is 0.532. The third-order valence-electron chi connectivity index (χ3n) is 2.33. The van der Waals surface area contributed by atoms with Crippen LogP contribution in [-0.4, -0.2) is 17.9 Å². The molecular formula is C12H22O3. The van der Waals surface area contributed by atoms with E-state index in [9.17, 15) is 4.79 Å². The molecule has 0 heterocycles. The van der Waals surface area contributed by atoms with E-state index in [1.54, 1.807) is 19.9 Å². The van der Waals surface area contributed by atoms with Gasteiger partial charge in [-0.3, -0.25) is 0 Å². The van der Waals surface area contributed by atoms with Crippen molar-refractivity contribution in [2.75, 3.05) is 0 Å². The van der Waals surface area contributed by atoms with Crippen LogP contribution in [0.25, 0.3) is 0 Å². The van der Waals surface area contributed by atoms with Gasteiger partial charge >= 0.3 is 6.16 Å². The van der Waals surface area contributed by atoms with Crippen LogP contribution in [0.5, 0.6) is 0 Å². The molecule has 0 N–H and O–H groups in total. The van der Waals surface area contributed by atoms with E-state index in [1.807, 2.05) is 27.7 Å². The Balaban J connectivity index is 4.22. The van der Waals surface area contributed by atoms with Crippen molar-refractivity contribution in [3.63, 3.8) is 0 Å². The summed E-state index contributed by atoms with van der Waals surface area (Å²) >= 11 is 0. The number of carbonyl (C=O) groups is 1. The lowest BCUT2D eigenvalue weighted by Crippen LogP contribution is -2.32. The highest BCUT2D eigenvalue weighted by Crippen LogP contribution is 2.23. The summed E-state index contributed by atoms with van der Waals surface area (Å²) in [6, 6.07) is 0. The Hall–Kier alpha value is -0.990. The van der Waals surface area contributed by atoms with Crippen LogP contribution in [-0.2, 0) is 9.47 Å². The van der Waals surface area contributed by atoms with Gasteiger partial charge in [0.25, 0.3) is 0 Å². The van der Waals surface area contributed by atoms with Crippen molar-refractivity contribution in [2.24, 2.45) is 5.41 Å². The Morgan fingerprint density at radius 1 is 1.27 bits per heavy atom. The fourth-order valence-electron chi connectivity index (χ4n) is 0.602. The lowest BCUT2D eigenvalue weighted by molar-refractivity contribution is -0.0375. The van der Waals surface area contributed by atoms with Gasteiger partial charge in [-0.25, -0.2) is 4.79 Å². The molecule has 1 atom stereocenters. The number of ether oxygens (including phenoxy) is 2. The van der Waals surface area contributed by atoms with E-state index in [0.717, 1.165) is 0 Å². The van der Waals surface area contributed by atoms with E-state index in [2.05, 4.69) is 6.58 Å². The molecule has 0 rings (SSSR count). The maximum absolute atomic E-state index is 11.4. The summed E-state index contributed by atoms with van der Waals surface area (Å²) in [5.74, 6) is 0. The summed E-state index contributed by atoms with van der Waals surface area (Å²) < 4.78 is 10.2. The average molecular weight is 214 g/mol. The summed E-state index contributed by atoms with van der Waals surface area (Å²) in [6.07, 6.45) is 0.726. The zero-order valence-electron chi connectivity index (χ0n) is 10.6. The average Bonchev–Trinajstić information content (AvgIpc) is 2.01. The molecule has 0 aliphatic carbocycles. The minimum atomic E-state index is -0.686. The van der Waals surface area contributed by atoms with Crippen molar-refractivity contribution in [2.45, 2.75) is 53.2 Å². The van der Waals surface area contributed by atoms with Crippen molar-refractivity contribution in [1.29, 1.82) is 0 Å². The topological polar surface area (TPSA) is 35.5 Å². The SMILES string of the molecule is C=CC(C)(C)OC(=O)OC(C)C(C)(C)C. The predicted molar refractivity (Wildman–Crippen MR) is 60.8 cm³/mol. The molecule has 15 heavy (non-hydrogen) atoms. The van der Waals surface area contributed by atoms with E-state index in [0.29, 0.717) is 0 Å². The van der Waals surface area contributed by atoms with Gasteiger partial charge in [0.1, 0.15) is 11.7 Å². The molecule has 0 amide bonds. The first kappa shape index (κ1) is 14.0. The van der Waals surface area contributed by atoms with Gasteiger partial charge < -0.3 is 9.47 Å². The fraction of sp³-hybridized carbons (Fsp3) is 0.750. The van der Waals surface area contributed by atoms with E-state index in [-0.39, 0.29) is 11.5 Å². The summed E-state index contributed by atoms with van der Waals surface area (Å²) in [5.41, 5.74) is -0.772. The van der Waals surface area contributed by atoms with Crippen LogP contribution in [0.3, 0.4) is 0 Å². The molecule has 88 valence electrons. The maximum atomic E-state index is 11.4. The summed E-state index contributed by atoms with van der Waals surface area (Å²) in [6.45, 7) is 14.9. The smallest absolute Gasteiger partial charge is 0.431 e. The molecule has 0 saturated heterocycles. The monoisotopic (exact) mass is 214 g/mol. The van der Waals surface area contributed by atoms with E-state index < -0.39 is 11.8 Å². The van der Waals surface area contributed by atoms with Crippen molar-refractivity contribution in [3.8, 4) is 0 Å². The molecule has 0 aliphatic rings. The Morgan fingerprint density at radius 2 is 1.73 bits per heavy atom. The van der Waals surface area contributed by atoms with Gasteiger partial charge in [0.2, 0.25) is 0 Å². The molecule has 0 radical (unpaired) electrons. The second-order valence-corrected chi connectivity index (χ2v) is 5.29. The summed E-state index contributed by atoms with van der Waals surface area (Å²) in [7, 11) is 0. The van der Waals surface area contributed by atoms with Crippen LogP contribution in [0.2, 0.25) is 0 Å². The third-order valence-corrected chi connectivity index (χ3v) is 2.33. The molecule has 3 nitrogen and oxygen atoms in total. The molecule has 0 bridgehead atoms. The van der Waals surface area contributed by atoms with Crippen molar-refractivity contribution in [1.82, 2.24) is 0 Å².